The van der Waals surface area contributed by atoms with Gasteiger partial charge in [0.25, 0.3) is 17.2 Å². The zero-order chi connectivity index (χ0) is 14.3. The van der Waals surface area contributed by atoms with Gasteiger partial charge in [0.2, 0.25) is 5.82 Å². The van der Waals surface area contributed by atoms with Crippen LogP contribution in [0.3, 0.4) is 0 Å². The van der Waals surface area contributed by atoms with E-state index in [1.54, 1.807) is 11.8 Å². The normalized spacial score (nSPS) is 15.8. The van der Waals surface area contributed by atoms with Gasteiger partial charge in [-0.05, 0) is 6.92 Å². The summed E-state index contributed by atoms with van der Waals surface area (Å²) in [7, 11) is 0. The minimum absolute atomic E-state index is 0.0107. The van der Waals surface area contributed by atoms with Crippen molar-refractivity contribution in [2.24, 2.45) is 0 Å². The molecule has 0 aliphatic carbocycles. The standard InChI is InChI=1S/C11H12ClN5O3/c1-6-7(12)9(18)17-11(13-6)14-8(15-17)10(19)16-2-4-20-5-3-16/h2-5H2,1H3,(H,13,14,15). The number of aromatic nitrogens is 4. The second-order valence-corrected chi connectivity index (χ2v) is 4.81. The Labute approximate surface area is 118 Å². The molecular weight excluding hydrogens is 286 g/mol. The molecule has 106 valence electrons. The van der Waals surface area contributed by atoms with Crippen LogP contribution in [-0.2, 0) is 4.74 Å². The monoisotopic (exact) mass is 297 g/mol. The molecule has 0 aromatic carbocycles. The fourth-order valence-corrected chi connectivity index (χ4v) is 2.14. The zero-order valence-corrected chi connectivity index (χ0v) is 11.5. The van der Waals surface area contributed by atoms with Crippen molar-refractivity contribution >= 4 is 23.3 Å². The van der Waals surface area contributed by atoms with Crippen molar-refractivity contribution in [1.82, 2.24) is 24.5 Å². The van der Waals surface area contributed by atoms with E-state index in [-0.39, 0.29) is 22.5 Å². The first-order chi connectivity index (χ1) is 9.58. The van der Waals surface area contributed by atoms with Gasteiger partial charge in [0.1, 0.15) is 5.02 Å². The molecule has 1 fully saturated rings. The van der Waals surface area contributed by atoms with Gasteiger partial charge in [0.15, 0.2) is 0 Å². The molecule has 2 aromatic heterocycles. The van der Waals surface area contributed by atoms with Crippen LogP contribution in [0.5, 0.6) is 0 Å². The van der Waals surface area contributed by atoms with Crippen LogP contribution < -0.4 is 5.56 Å². The number of aryl methyl sites for hydroxylation is 1. The number of carbonyl (C=O) groups is 1. The summed E-state index contributed by atoms with van der Waals surface area (Å²) >= 11 is 5.84. The number of H-pyrrole nitrogens is 1. The second kappa shape index (κ2) is 4.88. The number of hydrogen-bond acceptors (Lipinski definition) is 5. The van der Waals surface area contributed by atoms with Crippen molar-refractivity contribution in [3.8, 4) is 0 Å². The fraction of sp³-hybridized carbons (Fsp3) is 0.455. The topological polar surface area (TPSA) is 92.6 Å². The lowest BCUT2D eigenvalue weighted by Gasteiger charge is -2.25. The molecule has 1 aliphatic heterocycles. The Kier molecular flexibility index (Phi) is 3.19. The van der Waals surface area contributed by atoms with Crippen molar-refractivity contribution < 1.29 is 9.53 Å². The van der Waals surface area contributed by atoms with Gasteiger partial charge in [0.05, 0.1) is 18.9 Å². The molecule has 3 heterocycles. The Bertz CT molecular complexity index is 731. The van der Waals surface area contributed by atoms with Crippen LogP contribution in [0, 0.1) is 6.92 Å². The molecule has 0 unspecified atom stereocenters. The molecular formula is C11H12ClN5O3. The Morgan fingerprint density at radius 3 is 2.75 bits per heavy atom. The van der Waals surface area contributed by atoms with Crippen LogP contribution in [0.25, 0.3) is 5.78 Å². The molecule has 20 heavy (non-hydrogen) atoms. The SMILES string of the molecule is Cc1nc2nc(C(=O)N3CCOCC3)[nH]n2c(=O)c1Cl. The lowest BCUT2D eigenvalue weighted by Crippen LogP contribution is -2.41. The van der Waals surface area contributed by atoms with E-state index in [1.165, 1.54) is 0 Å². The van der Waals surface area contributed by atoms with E-state index in [4.69, 9.17) is 16.3 Å². The van der Waals surface area contributed by atoms with E-state index in [2.05, 4.69) is 15.1 Å². The first kappa shape index (κ1) is 13.1. The predicted molar refractivity (Wildman–Crippen MR) is 70.1 cm³/mol. The molecule has 9 heteroatoms. The molecule has 0 spiro atoms. The number of fused-ring (bicyclic) bond motifs is 1. The summed E-state index contributed by atoms with van der Waals surface area (Å²) in [6.07, 6.45) is 0. The number of hydrogen-bond donors (Lipinski definition) is 1. The van der Waals surface area contributed by atoms with E-state index in [0.717, 1.165) is 4.52 Å². The third-order valence-electron chi connectivity index (χ3n) is 3.11. The van der Waals surface area contributed by atoms with E-state index in [1.807, 2.05) is 0 Å². The van der Waals surface area contributed by atoms with Gasteiger partial charge in [-0.1, -0.05) is 11.6 Å². The predicted octanol–water partition coefficient (Wildman–Crippen LogP) is -0.148. The van der Waals surface area contributed by atoms with Crippen LogP contribution in [0.15, 0.2) is 4.79 Å². The number of halogens is 1. The van der Waals surface area contributed by atoms with Crippen molar-refractivity contribution in [3.63, 3.8) is 0 Å². The first-order valence-corrected chi connectivity index (χ1v) is 6.47. The smallest absolute Gasteiger partial charge is 0.293 e. The Morgan fingerprint density at radius 1 is 1.35 bits per heavy atom. The summed E-state index contributed by atoms with van der Waals surface area (Å²) < 4.78 is 6.26. The van der Waals surface area contributed by atoms with Gasteiger partial charge in [0, 0.05) is 13.1 Å². The summed E-state index contributed by atoms with van der Waals surface area (Å²) in [5.74, 6) is -0.0846. The molecule has 1 amide bonds. The quantitative estimate of drug-likeness (QED) is 0.790. The Morgan fingerprint density at radius 2 is 2.05 bits per heavy atom. The highest BCUT2D eigenvalue weighted by molar-refractivity contribution is 6.31. The lowest BCUT2D eigenvalue weighted by atomic mass is 10.4. The van der Waals surface area contributed by atoms with Crippen LogP contribution >= 0.6 is 11.6 Å². The largest absolute Gasteiger partial charge is 0.378 e. The van der Waals surface area contributed by atoms with Crippen molar-refractivity contribution in [1.29, 1.82) is 0 Å². The molecule has 0 saturated carbocycles. The summed E-state index contributed by atoms with van der Waals surface area (Å²) in [5.41, 5.74) is -0.0868. The molecule has 2 aromatic rings. The van der Waals surface area contributed by atoms with Crippen LogP contribution in [0.2, 0.25) is 5.02 Å². The first-order valence-electron chi connectivity index (χ1n) is 6.10. The number of carbonyl (C=O) groups excluding carboxylic acids is 1. The number of nitrogens with one attached hydrogen (secondary N) is 1. The summed E-state index contributed by atoms with van der Waals surface area (Å²) in [6, 6.07) is 0. The van der Waals surface area contributed by atoms with Gasteiger partial charge < -0.3 is 9.64 Å². The van der Waals surface area contributed by atoms with Crippen LogP contribution in [0.1, 0.15) is 16.3 Å². The molecule has 1 saturated heterocycles. The molecule has 3 rings (SSSR count). The number of ether oxygens (including phenoxy) is 1. The lowest BCUT2D eigenvalue weighted by molar-refractivity contribution is 0.0295. The number of amides is 1. The van der Waals surface area contributed by atoms with Crippen molar-refractivity contribution in [2.45, 2.75) is 6.92 Å². The van der Waals surface area contributed by atoms with Crippen LogP contribution in [0.4, 0.5) is 0 Å². The van der Waals surface area contributed by atoms with Gasteiger partial charge in [-0.25, -0.2) is 4.98 Å². The van der Waals surface area contributed by atoms with Crippen molar-refractivity contribution in [2.75, 3.05) is 26.3 Å². The average molecular weight is 298 g/mol. The zero-order valence-electron chi connectivity index (χ0n) is 10.7. The number of rotatable bonds is 1. The minimum atomic E-state index is -0.470. The van der Waals surface area contributed by atoms with Gasteiger partial charge in [-0.3, -0.25) is 14.7 Å². The molecule has 0 bridgehead atoms. The summed E-state index contributed by atoms with van der Waals surface area (Å²) in [6.45, 7) is 3.60. The maximum Gasteiger partial charge on any atom is 0.293 e. The van der Waals surface area contributed by atoms with Crippen molar-refractivity contribution in [3.05, 3.63) is 26.9 Å². The van der Waals surface area contributed by atoms with E-state index in [9.17, 15) is 9.59 Å². The summed E-state index contributed by atoms with van der Waals surface area (Å²) in [4.78, 5) is 33.9. The van der Waals surface area contributed by atoms with Gasteiger partial charge in [-0.15, -0.1) is 0 Å². The second-order valence-electron chi connectivity index (χ2n) is 4.43. The van der Waals surface area contributed by atoms with E-state index < -0.39 is 5.56 Å². The van der Waals surface area contributed by atoms with Gasteiger partial charge in [-0.2, -0.15) is 9.50 Å². The molecule has 0 atom stereocenters. The molecule has 8 nitrogen and oxygen atoms in total. The maximum atomic E-state index is 12.3. The summed E-state index contributed by atoms with van der Waals surface area (Å²) in [5, 5.41) is 2.65. The van der Waals surface area contributed by atoms with E-state index >= 15 is 0 Å². The average Bonchev–Trinajstić information content (AvgIpc) is 2.89. The number of nitrogens with zero attached hydrogens (tertiary/aromatic N) is 4. The molecule has 1 N–H and O–H groups in total. The van der Waals surface area contributed by atoms with Crippen LogP contribution in [-0.4, -0.2) is 56.7 Å². The van der Waals surface area contributed by atoms with E-state index in [0.29, 0.717) is 32.0 Å². The Balaban J connectivity index is 2.02. The van der Waals surface area contributed by atoms with Gasteiger partial charge >= 0.3 is 0 Å². The maximum absolute atomic E-state index is 12.3. The molecule has 1 aliphatic rings. The highest BCUT2D eigenvalue weighted by Crippen LogP contribution is 2.09. The molecule has 0 radical (unpaired) electrons. The number of aromatic amines is 1. The third-order valence-corrected chi connectivity index (χ3v) is 3.54. The highest BCUT2D eigenvalue weighted by atomic mass is 35.5. The Hall–Kier alpha value is -1.93. The minimum Gasteiger partial charge on any atom is -0.378 e. The fourth-order valence-electron chi connectivity index (χ4n) is 2.01. The third kappa shape index (κ3) is 2.06. The number of morpholine rings is 1. The highest BCUT2D eigenvalue weighted by Gasteiger charge is 2.22.